The van der Waals surface area contributed by atoms with E-state index in [4.69, 9.17) is 9.84 Å². The number of carboxylic acid groups (broad SMARTS) is 1. The summed E-state index contributed by atoms with van der Waals surface area (Å²) in [6.45, 7) is 10.7. The Balaban J connectivity index is 4.34. The molecule has 0 saturated heterocycles. The van der Waals surface area contributed by atoms with Crippen molar-refractivity contribution in [3.63, 3.8) is 0 Å². The lowest BCUT2D eigenvalue weighted by Gasteiger charge is -2.27. The van der Waals surface area contributed by atoms with E-state index in [0.717, 1.165) is 6.42 Å². The highest BCUT2D eigenvalue weighted by Crippen LogP contribution is 2.10. The zero-order valence-corrected chi connectivity index (χ0v) is 13.2. The SMILES string of the molecule is CCCN(CCNC(CC)C(=O)O)C(=O)OC(C)(C)C. The van der Waals surface area contributed by atoms with Gasteiger partial charge < -0.3 is 20.1 Å². The molecule has 118 valence electrons. The van der Waals surface area contributed by atoms with Gasteiger partial charge in [-0.15, -0.1) is 0 Å². The zero-order valence-electron chi connectivity index (χ0n) is 13.2. The molecule has 0 heterocycles. The van der Waals surface area contributed by atoms with Crippen LogP contribution < -0.4 is 5.32 Å². The molecule has 6 nitrogen and oxygen atoms in total. The number of carboxylic acids is 1. The van der Waals surface area contributed by atoms with Crippen LogP contribution in [0.4, 0.5) is 4.79 Å². The molecule has 0 fully saturated rings. The van der Waals surface area contributed by atoms with Crippen molar-refractivity contribution in [1.29, 1.82) is 0 Å². The Morgan fingerprint density at radius 1 is 1.25 bits per heavy atom. The van der Waals surface area contributed by atoms with Crippen LogP contribution in [0.2, 0.25) is 0 Å². The van der Waals surface area contributed by atoms with E-state index in [1.54, 1.807) is 4.90 Å². The van der Waals surface area contributed by atoms with Gasteiger partial charge in [-0.1, -0.05) is 13.8 Å². The van der Waals surface area contributed by atoms with Gasteiger partial charge in [-0.05, 0) is 33.6 Å². The molecule has 0 bridgehead atoms. The van der Waals surface area contributed by atoms with Crippen LogP contribution in [-0.4, -0.2) is 53.3 Å². The Morgan fingerprint density at radius 3 is 2.25 bits per heavy atom. The predicted octanol–water partition coefficient (Wildman–Crippen LogP) is 2.09. The molecule has 0 rings (SSSR count). The van der Waals surface area contributed by atoms with E-state index in [9.17, 15) is 9.59 Å². The molecule has 0 aliphatic heterocycles. The summed E-state index contributed by atoms with van der Waals surface area (Å²) in [6, 6.07) is -0.572. The van der Waals surface area contributed by atoms with E-state index in [0.29, 0.717) is 26.1 Å². The minimum atomic E-state index is -0.869. The minimum absolute atomic E-state index is 0.357. The van der Waals surface area contributed by atoms with E-state index < -0.39 is 17.6 Å². The molecule has 1 atom stereocenters. The normalized spacial score (nSPS) is 12.8. The lowest BCUT2D eigenvalue weighted by molar-refractivity contribution is -0.139. The molecule has 1 unspecified atom stereocenters. The third kappa shape index (κ3) is 7.99. The average molecular weight is 288 g/mol. The molecule has 0 aliphatic carbocycles. The quantitative estimate of drug-likeness (QED) is 0.715. The molecule has 0 aromatic carbocycles. The summed E-state index contributed by atoms with van der Waals surface area (Å²) in [5.41, 5.74) is -0.524. The number of carbonyl (C=O) groups is 2. The third-order valence-electron chi connectivity index (χ3n) is 2.62. The van der Waals surface area contributed by atoms with Crippen molar-refractivity contribution < 1.29 is 19.4 Å². The van der Waals surface area contributed by atoms with Gasteiger partial charge in [-0.25, -0.2) is 4.79 Å². The van der Waals surface area contributed by atoms with Crippen LogP contribution in [0.15, 0.2) is 0 Å². The molecule has 0 saturated carbocycles. The van der Waals surface area contributed by atoms with Gasteiger partial charge in [0.1, 0.15) is 11.6 Å². The predicted molar refractivity (Wildman–Crippen MR) is 77.8 cm³/mol. The summed E-state index contributed by atoms with van der Waals surface area (Å²) in [6.07, 6.45) is 0.981. The molecule has 2 N–H and O–H groups in total. The fourth-order valence-electron chi connectivity index (χ4n) is 1.67. The molecular formula is C14H28N2O4. The fraction of sp³-hybridized carbons (Fsp3) is 0.857. The number of nitrogens with zero attached hydrogens (tertiary/aromatic N) is 1. The van der Waals surface area contributed by atoms with Crippen LogP contribution in [0.25, 0.3) is 0 Å². The van der Waals surface area contributed by atoms with E-state index in [2.05, 4.69) is 5.32 Å². The van der Waals surface area contributed by atoms with E-state index >= 15 is 0 Å². The third-order valence-corrected chi connectivity index (χ3v) is 2.62. The molecule has 0 aliphatic rings. The minimum Gasteiger partial charge on any atom is -0.480 e. The molecule has 0 spiro atoms. The van der Waals surface area contributed by atoms with Crippen molar-refractivity contribution in [2.75, 3.05) is 19.6 Å². The average Bonchev–Trinajstić information content (AvgIpc) is 2.30. The second kappa shape index (κ2) is 8.79. The Hall–Kier alpha value is -1.30. The van der Waals surface area contributed by atoms with Gasteiger partial charge in [-0.2, -0.15) is 0 Å². The fourth-order valence-corrected chi connectivity index (χ4v) is 1.67. The molecule has 6 heteroatoms. The van der Waals surface area contributed by atoms with Gasteiger partial charge in [0.15, 0.2) is 0 Å². The highest BCUT2D eigenvalue weighted by Gasteiger charge is 2.22. The van der Waals surface area contributed by atoms with Crippen molar-refractivity contribution >= 4 is 12.1 Å². The van der Waals surface area contributed by atoms with Gasteiger partial charge >= 0.3 is 12.1 Å². The zero-order chi connectivity index (χ0) is 15.8. The Kier molecular flexibility index (Phi) is 8.22. The van der Waals surface area contributed by atoms with Crippen LogP contribution >= 0.6 is 0 Å². The first-order valence-electron chi connectivity index (χ1n) is 7.15. The smallest absolute Gasteiger partial charge is 0.410 e. The van der Waals surface area contributed by atoms with Gasteiger partial charge in [0, 0.05) is 19.6 Å². The van der Waals surface area contributed by atoms with Crippen molar-refractivity contribution in [1.82, 2.24) is 10.2 Å². The number of rotatable bonds is 8. The number of ether oxygens (including phenoxy) is 1. The maximum absolute atomic E-state index is 12.0. The van der Waals surface area contributed by atoms with E-state index in [1.807, 2.05) is 34.6 Å². The van der Waals surface area contributed by atoms with Crippen molar-refractivity contribution in [3.05, 3.63) is 0 Å². The second-order valence-corrected chi connectivity index (χ2v) is 5.72. The van der Waals surface area contributed by atoms with Crippen LogP contribution in [0.1, 0.15) is 47.5 Å². The first-order chi connectivity index (χ1) is 9.21. The van der Waals surface area contributed by atoms with Gasteiger partial charge in [0.2, 0.25) is 0 Å². The first kappa shape index (κ1) is 18.7. The summed E-state index contributed by atoms with van der Waals surface area (Å²) >= 11 is 0. The summed E-state index contributed by atoms with van der Waals surface area (Å²) in [4.78, 5) is 24.5. The van der Waals surface area contributed by atoms with Crippen molar-refractivity contribution in [2.45, 2.75) is 59.1 Å². The van der Waals surface area contributed by atoms with Gasteiger partial charge in [-0.3, -0.25) is 4.79 Å². The first-order valence-corrected chi connectivity index (χ1v) is 7.15. The number of aliphatic carboxylic acids is 1. The number of nitrogens with one attached hydrogen (secondary N) is 1. The molecule has 0 aromatic heterocycles. The largest absolute Gasteiger partial charge is 0.480 e. The Morgan fingerprint density at radius 2 is 1.85 bits per heavy atom. The Bertz CT molecular complexity index is 313. The highest BCUT2D eigenvalue weighted by atomic mass is 16.6. The lowest BCUT2D eigenvalue weighted by atomic mass is 10.2. The number of amides is 1. The number of hydrogen-bond acceptors (Lipinski definition) is 4. The van der Waals surface area contributed by atoms with Gasteiger partial charge in [0.25, 0.3) is 0 Å². The summed E-state index contributed by atoms with van der Waals surface area (Å²) < 4.78 is 5.33. The van der Waals surface area contributed by atoms with Crippen LogP contribution in [-0.2, 0) is 9.53 Å². The van der Waals surface area contributed by atoms with Gasteiger partial charge in [0.05, 0.1) is 0 Å². The van der Waals surface area contributed by atoms with Crippen molar-refractivity contribution in [2.24, 2.45) is 0 Å². The molecule has 0 radical (unpaired) electrons. The molecule has 20 heavy (non-hydrogen) atoms. The molecule has 1 amide bonds. The number of hydrogen-bond donors (Lipinski definition) is 2. The van der Waals surface area contributed by atoms with Crippen LogP contribution in [0.5, 0.6) is 0 Å². The second-order valence-electron chi connectivity index (χ2n) is 5.72. The van der Waals surface area contributed by atoms with E-state index in [1.165, 1.54) is 0 Å². The summed E-state index contributed by atoms with van der Waals surface area (Å²) in [7, 11) is 0. The van der Waals surface area contributed by atoms with Crippen molar-refractivity contribution in [3.8, 4) is 0 Å². The summed E-state index contributed by atoms with van der Waals surface area (Å²) in [5, 5.41) is 11.9. The van der Waals surface area contributed by atoms with Crippen LogP contribution in [0, 0.1) is 0 Å². The lowest BCUT2D eigenvalue weighted by Crippen LogP contribution is -2.44. The molecule has 0 aromatic rings. The number of carbonyl (C=O) groups excluding carboxylic acids is 1. The Labute approximate surface area is 121 Å². The van der Waals surface area contributed by atoms with E-state index in [-0.39, 0.29) is 6.09 Å². The standard InChI is InChI=1S/C14H28N2O4/c1-6-9-16(13(19)20-14(3,4)5)10-8-15-11(7-2)12(17)18/h11,15H,6-10H2,1-5H3,(H,17,18). The monoisotopic (exact) mass is 288 g/mol. The van der Waals surface area contributed by atoms with Crippen LogP contribution in [0.3, 0.4) is 0 Å². The molecular weight excluding hydrogens is 260 g/mol. The topological polar surface area (TPSA) is 78.9 Å². The highest BCUT2D eigenvalue weighted by molar-refractivity contribution is 5.73. The maximum Gasteiger partial charge on any atom is 0.410 e. The summed E-state index contributed by atoms with van der Waals surface area (Å²) in [5.74, 6) is -0.869. The maximum atomic E-state index is 12.0.